The first kappa shape index (κ1) is 28.6. The van der Waals surface area contributed by atoms with Gasteiger partial charge in [0.05, 0.1) is 33.4 Å². The van der Waals surface area contributed by atoms with Crippen LogP contribution in [-0.2, 0) is 19.2 Å². The summed E-state index contributed by atoms with van der Waals surface area (Å²) < 4.78 is 224. The molecule has 2 heterocycles. The smallest absolute Gasteiger partial charge is 0.289 e. The van der Waals surface area contributed by atoms with Crippen LogP contribution in [0.15, 0.2) is 60.7 Å². The highest BCUT2D eigenvalue weighted by Gasteiger charge is 2.65. The van der Waals surface area contributed by atoms with Crippen molar-refractivity contribution in [3.63, 3.8) is 0 Å². The zero-order valence-electron chi connectivity index (χ0n) is 72.3. The average molecular weight is 1200 g/mol. The quantitative estimate of drug-likeness (QED) is 0.0453. The molecule has 2 aliphatic carbocycles. The Hall–Kier alpha value is -4.14. The molecule has 2 aliphatic heterocycles. The Kier molecular flexibility index (Phi) is 9.30. The maximum Gasteiger partial charge on any atom is 0.289 e. The first-order valence-corrected chi connectivity index (χ1v) is 24.2. The van der Waals surface area contributed by atoms with E-state index in [9.17, 15) is 37.6 Å². The topological polar surface area (TPSA) is 155 Å². The number of rotatable bonds is 8. The van der Waals surface area contributed by atoms with Crippen molar-refractivity contribution in [2.45, 2.75) is 92.9 Å². The van der Waals surface area contributed by atoms with E-state index in [1.165, 1.54) is 0 Å². The van der Waals surface area contributed by atoms with Crippen molar-refractivity contribution in [1.82, 2.24) is 10.1 Å². The first-order valence-electron chi connectivity index (χ1n) is 39.1. The Morgan fingerprint density at radius 2 is 1.24 bits per heavy atom. The number of imide groups is 2. The molecular formula is C47H88BI2N2O9S. The number of carbonyl (C=O) groups excluding carboxylic acids is 5. The number of hydrogen-bond donors (Lipinski definition) is 1. The largest absolute Gasteiger partial charge is 0.299 e. The van der Waals surface area contributed by atoms with E-state index in [2.05, 4.69) is 82.3 Å². The molecule has 0 aromatic heterocycles. The fourth-order valence-corrected chi connectivity index (χ4v) is 10.5. The zero-order chi connectivity index (χ0) is 82.3. The molecule has 0 spiro atoms. The number of ketones is 1. The third kappa shape index (κ3) is 9.11. The predicted molar refractivity (Wildman–Crippen MR) is 300 cm³/mol. The molecule has 2 atom stereocenters. The van der Waals surface area contributed by atoms with Crippen LogP contribution in [0.3, 0.4) is 0 Å². The van der Waals surface area contributed by atoms with E-state index in [0.29, 0.717) is 50.8 Å². The van der Waals surface area contributed by atoms with Crippen LogP contribution in [0.2, 0.25) is 0 Å². The number of benzene rings is 4. The Morgan fingerprint density at radius 1 is 0.790 bits per heavy atom. The van der Waals surface area contributed by atoms with Crippen molar-refractivity contribution in [3.8, 4) is 23.7 Å². The predicted octanol–water partition coefficient (Wildman–Crippen LogP) is 14.9. The van der Waals surface area contributed by atoms with Crippen LogP contribution >= 0.6 is 44.7 Å². The third-order valence-corrected chi connectivity index (χ3v) is 13.5. The van der Waals surface area contributed by atoms with Crippen LogP contribution in [0.5, 0.6) is 0 Å². The molecule has 1 N–H and O–H groups in total. The van der Waals surface area contributed by atoms with Crippen molar-refractivity contribution in [1.29, 1.82) is 0 Å². The van der Waals surface area contributed by atoms with E-state index in [4.69, 9.17) is 60.7 Å². The van der Waals surface area contributed by atoms with Gasteiger partial charge in [-0.15, -0.1) is 59.2 Å². The Bertz CT molecular complexity index is 2770. The highest BCUT2D eigenvalue weighted by atomic mass is 127. The molecule has 11 nitrogen and oxygen atoms in total. The second-order valence-electron chi connectivity index (χ2n) is 15.9. The molecule has 363 valence electrons. The van der Waals surface area contributed by atoms with Crippen molar-refractivity contribution in [3.05, 3.63) is 94.0 Å². The number of nitrogens with zero attached hydrogens (tertiary/aromatic N) is 2. The van der Waals surface area contributed by atoms with Crippen LogP contribution < -0.4 is 0 Å². The summed E-state index contributed by atoms with van der Waals surface area (Å²) in [5, 5.41) is 12.6. The maximum atomic E-state index is 13.3. The van der Waals surface area contributed by atoms with E-state index in [0.717, 1.165) is 55.9 Å². The highest BCUT2D eigenvalue weighted by molar-refractivity contribution is 14.3. The van der Waals surface area contributed by atoms with Crippen LogP contribution in [-0.4, -0.2) is 61.9 Å². The third-order valence-electron chi connectivity index (χ3n) is 12.3. The number of hydroxylamine groups is 4. The van der Waals surface area contributed by atoms with Crippen molar-refractivity contribution >= 4 is 109 Å². The van der Waals surface area contributed by atoms with Gasteiger partial charge in [-0.2, -0.15) is 8.42 Å². The normalized spacial score (nSPS) is 21.5. The van der Waals surface area contributed by atoms with Gasteiger partial charge in [-0.3, -0.25) is 29.2 Å². The van der Waals surface area contributed by atoms with Crippen LogP contribution in [0.1, 0.15) is 203 Å². The minimum atomic E-state index is -4.43. The number of fused-ring (bicyclic) bond motifs is 2. The van der Waals surface area contributed by atoms with Gasteiger partial charge in [-0.05, 0) is 84.2 Å². The lowest BCUT2D eigenvalue weighted by Gasteiger charge is -2.36. The molecule has 15 heteroatoms. The summed E-state index contributed by atoms with van der Waals surface area (Å²) in [6, 6.07) is 16.9. The second kappa shape index (κ2) is 20.1. The SMILES string of the molecule is C.CCCCC#Cc1ccc2c3c(cccc13)C(=O)N(O)C2=O.CCCCC#Cc1ccc2c3c(cccc13)C(=O)N(OS(=O)(=O)CC13CCC(CC1=O)C3(C)C)C2=O.I[B]I.[3HH].[3H][3H].[3H][3H].[3H][3H].[3H][3H].[3H][3H].[3H][3H].[3H][3H].[3H][3H].[3H][3H].[3H][3H].[3H][3H].[3H][3H].[3H][3H].[3H][3H].[3H][3H].[3H][3H].[3H][3H].[3H][3H].[3H][3H]. The Morgan fingerprint density at radius 3 is 1.68 bits per heavy atom. The molecule has 2 saturated carbocycles. The molecule has 62 heavy (non-hydrogen) atoms. The van der Waals surface area contributed by atoms with Gasteiger partial charge in [0, 0.05) is 99.0 Å². The van der Waals surface area contributed by atoms with E-state index >= 15 is 0 Å². The summed E-state index contributed by atoms with van der Waals surface area (Å²) >= 11 is 4.30. The van der Waals surface area contributed by atoms with Gasteiger partial charge in [0.25, 0.3) is 36.7 Å². The monoisotopic (exact) mass is 1200 g/mol. The van der Waals surface area contributed by atoms with Crippen LogP contribution in [0.25, 0.3) is 21.5 Å². The zero-order valence-corrected chi connectivity index (χ0v) is 39.4. The summed E-state index contributed by atoms with van der Waals surface area (Å²) in [5.74, 6) is 8.89. The Balaban J connectivity index is -0.0000000687. The van der Waals surface area contributed by atoms with E-state index < -0.39 is 50.3 Å². The summed E-state index contributed by atoms with van der Waals surface area (Å²) in [7, 11) is -4.43. The second-order valence-corrected chi connectivity index (χ2v) is 21.1. The maximum absolute atomic E-state index is 13.3. The summed E-state index contributed by atoms with van der Waals surface area (Å²) in [5.41, 5.74) is 0.926. The first-order chi connectivity index (χ1) is 48.1. The standard InChI is InChI=1S/C28H29NO6S.C18H15NO3.CH4.BI2.20H2/c1-4-5-6-7-9-18-12-13-22-24-20(18)10-8-11-21(24)25(31)29(26(22)32)35-36(33,34)17-28-15-14-19(16-23(28)30)27(28,2)3;1-2-3-4-5-7-12-10-11-15-16-13(12)8-6-9-14(16)17(20)19(22)18(15)21;;2-1-3;;;;;;;;;;;;;;;;;;;;/h8,10-13,19H,4-6,14-17H2,1-3H3;6,8-11,22H,2-4H2,1H3;1H4;;20*1H/i;;;;19*1+2T;1+2. The molecule has 2 bridgehead atoms. The molecule has 8 rings (SSSR count). The van der Waals surface area contributed by atoms with Crippen molar-refractivity contribution in [2.24, 2.45) is 16.7 Å². The molecule has 4 aliphatic rings. The number of halogens is 2. The number of amides is 4. The van der Waals surface area contributed by atoms with E-state index in [1.807, 2.05) is 22.9 Å². The van der Waals surface area contributed by atoms with Gasteiger partial charge >= 0.3 is 0 Å². The van der Waals surface area contributed by atoms with Crippen LogP contribution in [0.4, 0.5) is 0 Å². The van der Waals surface area contributed by atoms with Gasteiger partial charge in [0.1, 0.15) is 5.78 Å². The molecule has 4 aromatic carbocycles. The van der Waals surface area contributed by atoms with Gasteiger partial charge < -0.3 is 0 Å². The number of unbranched alkanes of at least 4 members (excludes halogenated alkanes) is 4. The lowest BCUT2D eigenvalue weighted by molar-refractivity contribution is -0.128. The summed E-state index contributed by atoms with van der Waals surface area (Å²) in [4.78, 5) is 63.5. The molecule has 1 radical (unpaired) electrons. The summed E-state index contributed by atoms with van der Waals surface area (Å²) in [6.07, 6.45) is 7.30. The average Bonchev–Trinajstić information content (AvgIpc) is 1.62. The number of Topliss-reactive ketones (excluding diaryl/α,β-unsaturated/α-hetero) is 1. The number of hydrogen-bond acceptors (Lipinski definition) is 9. The van der Waals surface area contributed by atoms with Crippen LogP contribution in [0, 0.1) is 40.4 Å². The lowest BCUT2D eigenvalue weighted by atomic mass is 9.70. The molecular weight excluding hydrogens is 1030 g/mol. The molecule has 4 aromatic rings. The highest BCUT2D eigenvalue weighted by Crippen LogP contribution is 2.64. The fraction of sp³-hybridized carbons (Fsp3) is 0.383. The van der Waals surface area contributed by atoms with Crippen molar-refractivity contribution in [2.75, 3.05) is 5.75 Å². The molecule has 2 unspecified atom stereocenters. The Labute approximate surface area is 451 Å². The van der Waals surface area contributed by atoms with Gasteiger partial charge in [-0.1, -0.05) is 95.9 Å². The lowest BCUT2D eigenvalue weighted by Crippen LogP contribution is -2.46. The van der Waals surface area contributed by atoms with Gasteiger partial charge in [-0.25, -0.2) is 0 Å². The van der Waals surface area contributed by atoms with Gasteiger partial charge in [0.2, 0.25) is 0 Å². The van der Waals surface area contributed by atoms with Crippen molar-refractivity contribution < 1.29 is 99.7 Å². The molecule has 2 fully saturated rings. The summed E-state index contributed by atoms with van der Waals surface area (Å²) in [6.45, 7) is 8.04. The minimum absolute atomic E-state index is 0. The number of carbonyl (C=O) groups is 5. The molecule has 4 amide bonds. The van der Waals surface area contributed by atoms with Gasteiger partial charge in [0.15, 0.2) is 0 Å². The molecule has 0 saturated heterocycles. The van der Waals surface area contributed by atoms with E-state index in [1.54, 1.807) is 54.6 Å². The fourth-order valence-electron chi connectivity index (χ4n) is 8.84. The minimum Gasteiger partial charge on any atom is -0.299 e. The van der Waals surface area contributed by atoms with E-state index in [-0.39, 0.29) is 36.7 Å².